The summed E-state index contributed by atoms with van der Waals surface area (Å²) in [5.41, 5.74) is 1.92. The number of aromatic carboxylic acids is 1. The molecule has 6 heteroatoms. The predicted octanol–water partition coefficient (Wildman–Crippen LogP) is 3.35. The van der Waals surface area contributed by atoms with Crippen LogP contribution in [0.4, 0.5) is 5.69 Å². The van der Waals surface area contributed by atoms with Gasteiger partial charge in [0, 0.05) is 24.2 Å². The minimum Gasteiger partial charge on any atom is -0.478 e. The van der Waals surface area contributed by atoms with E-state index in [1.165, 1.54) is 12.6 Å². The highest BCUT2D eigenvalue weighted by Crippen LogP contribution is 2.35. The number of carboxylic acid groups (broad SMARTS) is 1. The summed E-state index contributed by atoms with van der Waals surface area (Å²) in [4.78, 5) is 17.4. The number of pyridine rings is 1. The van der Waals surface area contributed by atoms with E-state index in [0.717, 1.165) is 23.1 Å². The zero-order valence-corrected chi connectivity index (χ0v) is 11.9. The molecule has 1 aliphatic heterocycles. The van der Waals surface area contributed by atoms with Gasteiger partial charge in [-0.2, -0.15) is 0 Å². The van der Waals surface area contributed by atoms with Crippen molar-refractivity contribution in [1.82, 2.24) is 11.1 Å². The molecule has 1 atom stereocenters. The van der Waals surface area contributed by atoms with Crippen LogP contribution in [0.5, 0.6) is 0 Å². The minimum absolute atomic E-state index is 0. The summed E-state index contributed by atoms with van der Waals surface area (Å²) in [5, 5.41) is 10.4. The molecule has 0 radical (unpaired) electrons. The standard InChI is InChI=1S/C14H13ClN2O2.H3N/c1-8-2-3-17(8)13-6-12-9(5-11(13)15)4-10(7-16-12)14(18)19;/h4-8H,2-3H2,1H3,(H,18,19);1H3/t8-;/m0./s1. The number of carboxylic acids is 1. The van der Waals surface area contributed by atoms with Gasteiger partial charge < -0.3 is 16.2 Å². The molecule has 0 amide bonds. The predicted molar refractivity (Wildman–Crippen MR) is 80.2 cm³/mol. The van der Waals surface area contributed by atoms with Crippen molar-refractivity contribution in [3.8, 4) is 0 Å². The molecule has 0 aliphatic carbocycles. The van der Waals surface area contributed by atoms with Crippen LogP contribution in [0, 0.1) is 0 Å². The number of rotatable bonds is 2. The highest BCUT2D eigenvalue weighted by Gasteiger charge is 2.25. The Morgan fingerprint density at radius 2 is 2.20 bits per heavy atom. The average molecular weight is 294 g/mol. The van der Waals surface area contributed by atoms with E-state index in [1.807, 2.05) is 6.07 Å². The molecule has 20 heavy (non-hydrogen) atoms. The van der Waals surface area contributed by atoms with Crippen LogP contribution in [0.25, 0.3) is 10.9 Å². The minimum atomic E-state index is -0.981. The molecular formula is C14H16ClN3O2. The fourth-order valence-corrected chi connectivity index (χ4v) is 2.63. The van der Waals surface area contributed by atoms with E-state index in [-0.39, 0.29) is 11.7 Å². The quantitative estimate of drug-likeness (QED) is 0.886. The Morgan fingerprint density at radius 3 is 2.75 bits per heavy atom. The highest BCUT2D eigenvalue weighted by atomic mass is 35.5. The summed E-state index contributed by atoms with van der Waals surface area (Å²) < 4.78 is 0. The van der Waals surface area contributed by atoms with Crippen LogP contribution >= 0.6 is 11.6 Å². The zero-order valence-electron chi connectivity index (χ0n) is 11.1. The Bertz CT molecular complexity index is 675. The molecule has 0 spiro atoms. The molecule has 4 N–H and O–H groups in total. The first-order chi connectivity index (χ1) is 9.06. The lowest BCUT2D eigenvalue weighted by molar-refractivity contribution is 0.0696. The Balaban J connectivity index is 0.00000147. The zero-order chi connectivity index (χ0) is 13.6. The first-order valence-corrected chi connectivity index (χ1v) is 6.53. The number of benzene rings is 1. The Hall–Kier alpha value is -1.85. The van der Waals surface area contributed by atoms with E-state index in [4.69, 9.17) is 16.7 Å². The number of nitrogens with zero attached hydrogens (tertiary/aromatic N) is 2. The Kier molecular flexibility index (Phi) is 3.83. The van der Waals surface area contributed by atoms with E-state index in [9.17, 15) is 4.79 Å². The lowest BCUT2D eigenvalue weighted by Gasteiger charge is -2.41. The number of hydrogen-bond donors (Lipinski definition) is 2. The third-order valence-corrected chi connectivity index (χ3v) is 3.93. The van der Waals surface area contributed by atoms with E-state index in [2.05, 4.69) is 16.8 Å². The molecule has 0 saturated carbocycles. The average Bonchev–Trinajstić information content (AvgIpc) is 2.37. The molecule has 106 valence electrons. The van der Waals surface area contributed by atoms with Crippen LogP contribution in [0.2, 0.25) is 5.02 Å². The van der Waals surface area contributed by atoms with Crippen LogP contribution in [0.1, 0.15) is 23.7 Å². The van der Waals surface area contributed by atoms with Crippen molar-refractivity contribution < 1.29 is 9.90 Å². The van der Waals surface area contributed by atoms with Crippen molar-refractivity contribution in [3.63, 3.8) is 0 Å². The van der Waals surface area contributed by atoms with E-state index in [0.29, 0.717) is 11.1 Å². The molecule has 5 nitrogen and oxygen atoms in total. The normalized spacial score (nSPS) is 17.5. The molecule has 1 fully saturated rings. The van der Waals surface area contributed by atoms with Gasteiger partial charge >= 0.3 is 5.97 Å². The molecule has 2 heterocycles. The van der Waals surface area contributed by atoms with Crippen molar-refractivity contribution in [2.45, 2.75) is 19.4 Å². The number of hydrogen-bond acceptors (Lipinski definition) is 4. The molecule has 1 saturated heterocycles. The molecule has 0 bridgehead atoms. The van der Waals surface area contributed by atoms with Gasteiger partial charge in [0.1, 0.15) is 0 Å². The fraction of sp³-hybridized carbons (Fsp3) is 0.286. The third kappa shape index (κ3) is 2.30. The van der Waals surface area contributed by atoms with E-state index < -0.39 is 5.97 Å². The van der Waals surface area contributed by atoms with Crippen LogP contribution < -0.4 is 11.1 Å². The molecule has 1 aromatic carbocycles. The van der Waals surface area contributed by atoms with Gasteiger partial charge in [0.2, 0.25) is 0 Å². The topological polar surface area (TPSA) is 88.4 Å². The Labute approximate surface area is 121 Å². The summed E-state index contributed by atoms with van der Waals surface area (Å²) in [6.07, 6.45) is 2.54. The van der Waals surface area contributed by atoms with Gasteiger partial charge in [-0.05, 0) is 31.5 Å². The summed E-state index contributed by atoms with van der Waals surface area (Å²) in [5.74, 6) is -0.981. The molecule has 1 aromatic heterocycles. The largest absolute Gasteiger partial charge is 0.478 e. The SMILES string of the molecule is C[C@H]1CCN1c1cc2ncc(C(=O)O)cc2cc1Cl.N. The van der Waals surface area contributed by atoms with Gasteiger partial charge in [-0.1, -0.05) is 11.6 Å². The van der Waals surface area contributed by atoms with Gasteiger partial charge in [0.25, 0.3) is 0 Å². The smallest absolute Gasteiger partial charge is 0.337 e. The van der Waals surface area contributed by atoms with Gasteiger partial charge in [0.15, 0.2) is 0 Å². The number of carbonyl (C=O) groups is 1. The van der Waals surface area contributed by atoms with Crippen molar-refractivity contribution in [1.29, 1.82) is 0 Å². The van der Waals surface area contributed by atoms with Gasteiger partial charge in [-0.3, -0.25) is 4.98 Å². The number of anilines is 1. The second-order valence-corrected chi connectivity index (χ2v) is 5.26. The third-order valence-electron chi connectivity index (χ3n) is 3.63. The van der Waals surface area contributed by atoms with Crippen molar-refractivity contribution in [3.05, 3.63) is 35.0 Å². The van der Waals surface area contributed by atoms with Crippen LogP contribution in [-0.2, 0) is 0 Å². The number of fused-ring (bicyclic) bond motifs is 1. The summed E-state index contributed by atoms with van der Waals surface area (Å²) in [7, 11) is 0. The van der Waals surface area contributed by atoms with E-state index >= 15 is 0 Å². The molecule has 2 aromatic rings. The highest BCUT2D eigenvalue weighted by molar-refractivity contribution is 6.34. The lowest BCUT2D eigenvalue weighted by Crippen LogP contribution is -2.45. The second-order valence-electron chi connectivity index (χ2n) is 4.86. The number of aromatic nitrogens is 1. The maximum atomic E-state index is 10.9. The van der Waals surface area contributed by atoms with Crippen molar-refractivity contribution in [2.75, 3.05) is 11.4 Å². The van der Waals surface area contributed by atoms with Crippen LogP contribution in [-0.4, -0.2) is 28.6 Å². The molecule has 3 rings (SSSR count). The van der Waals surface area contributed by atoms with Gasteiger partial charge in [0.05, 0.1) is 21.8 Å². The molecule has 1 aliphatic rings. The van der Waals surface area contributed by atoms with Gasteiger partial charge in [-0.25, -0.2) is 4.79 Å². The second kappa shape index (κ2) is 5.26. The first kappa shape index (κ1) is 14.6. The van der Waals surface area contributed by atoms with Gasteiger partial charge in [-0.15, -0.1) is 0 Å². The van der Waals surface area contributed by atoms with Crippen LogP contribution in [0.3, 0.4) is 0 Å². The fourth-order valence-electron chi connectivity index (χ4n) is 2.35. The van der Waals surface area contributed by atoms with Crippen LogP contribution in [0.15, 0.2) is 24.4 Å². The monoisotopic (exact) mass is 293 g/mol. The summed E-state index contributed by atoms with van der Waals surface area (Å²) >= 11 is 6.29. The van der Waals surface area contributed by atoms with Crippen molar-refractivity contribution in [2.24, 2.45) is 0 Å². The molecule has 0 unspecified atom stereocenters. The first-order valence-electron chi connectivity index (χ1n) is 6.15. The maximum absolute atomic E-state index is 10.9. The van der Waals surface area contributed by atoms with E-state index in [1.54, 1.807) is 12.1 Å². The molecular weight excluding hydrogens is 278 g/mol. The number of halogens is 1. The lowest BCUT2D eigenvalue weighted by atomic mass is 10.0. The summed E-state index contributed by atoms with van der Waals surface area (Å²) in [6.45, 7) is 3.16. The summed E-state index contributed by atoms with van der Waals surface area (Å²) in [6, 6.07) is 5.81. The maximum Gasteiger partial charge on any atom is 0.337 e. The van der Waals surface area contributed by atoms with Crippen molar-refractivity contribution >= 4 is 34.2 Å². The Morgan fingerprint density at radius 1 is 1.45 bits per heavy atom.